The molecule has 1 aromatic heterocycles. The van der Waals surface area contributed by atoms with Gasteiger partial charge >= 0.3 is 0 Å². The van der Waals surface area contributed by atoms with Crippen molar-refractivity contribution in [1.29, 1.82) is 0 Å². The maximum Gasteiger partial charge on any atom is 0.231 e. The lowest BCUT2D eigenvalue weighted by Gasteiger charge is -2.15. The Labute approximate surface area is 99.4 Å². The SMILES string of the molecule is NC(=O)CNC(c1ccccc1)c1ccco1. The maximum absolute atomic E-state index is 10.8. The minimum absolute atomic E-state index is 0.111. The molecule has 0 spiro atoms. The summed E-state index contributed by atoms with van der Waals surface area (Å²) in [6.07, 6.45) is 1.61. The van der Waals surface area contributed by atoms with Gasteiger partial charge in [-0.25, -0.2) is 0 Å². The summed E-state index contributed by atoms with van der Waals surface area (Å²) < 4.78 is 5.37. The van der Waals surface area contributed by atoms with Crippen molar-refractivity contribution >= 4 is 5.91 Å². The van der Waals surface area contributed by atoms with Gasteiger partial charge in [0.1, 0.15) is 5.76 Å². The van der Waals surface area contributed by atoms with E-state index in [0.717, 1.165) is 11.3 Å². The molecule has 3 N–H and O–H groups in total. The summed E-state index contributed by atoms with van der Waals surface area (Å²) in [6.45, 7) is 0.111. The Bertz CT molecular complexity index is 465. The largest absolute Gasteiger partial charge is 0.467 e. The van der Waals surface area contributed by atoms with Crippen molar-refractivity contribution in [3.63, 3.8) is 0 Å². The third-order valence-electron chi connectivity index (χ3n) is 2.44. The minimum atomic E-state index is -0.391. The monoisotopic (exact) mass is 230 g/mol. The smallest absolute Gasteiger partial charge is 0.231 e. The highest BCUT2D eigenvalue weighted by Gasteiger charge is 2.16. The van der Waals surface area contributed by atoms with Crippen LogP contribution in [0.2, 0.25) is 0 Å². The lowest BCUT2D eigenvalue weighted by molar-refractivity contribution is -0.117. The lowest BCUT2D eigenvalue weighted by Crippen LogP contribution is -2.32. The summed E-state index contributed by atoms with van der Waals surface area (Å²) in [7, 11) is 0. The molecule has 0 saturated carbocycles. The Balaban J connectivity index is 2.22. The molecule has 2 aromatic rings. The zero-order valence-corrected chi connectivity index (χ0v) is 9.30. The number of hydrogen-bond donors (Lipinski definition) is 2. The lowest BCUT2D eigenvalue weighted by atomic mass is 10.0. The van der Waals surface area contributed by atoms with E-state index in [2.05, 4.69) is 5.32 Å². The molecule has 0 bridgehead atoms. The summed E-state index contributed by atoms with van der Waals surface area (Å²) in [5, 5.41) is 3.07. The van der Waals surface area contributed by atoms with Gasteiger partial charge in [-0.15, -0.1) is 0 Å². The van der Waals surface area contributed by atoms with Gasteiger partial charge in [0.25, 0.3) is 0 Å². The number of carbonyl (C=O) groups is 1. The first kappa shape index (κ1) is 11.4. The molecule has 1 heterocycles. The predicted molar refractivity (Wildman–Crippen MR) is 64.2 cm³/mol. The van der Waals surface area contributed by atoms with Crippen LogP contribution in [0.4, 0.5) is 0 Å². The van der Waals surface area contributed by atoms with Gasteiger partial charge in [0, 0.05) is 0 Å². The van der Waals surface area contributed by atoms with Crippen LogP contribution in [0.3, 0.4) is 0 Å². The fraction of sp³-hybridized carbons (Fsp3) is 0.154. The molecule has 1 unspecified atom stereocenters. The second-order valence-corrected chi connectivity index (χ2v) is 3.71. The molecular weight excluding hydrogens is 216 g/mol. The molecule has 1 amide bonds. The Morgan fingerprint density at radius 2 is 2.00 bits per heavy atom. The average Bonchev–Trinajstić information content (AvgIpc) is 2.84. The van der Waals surface area contributed by atoms with Crippen molar-refractivity contribution in [2.24, 2.45) is 5.73 Å². The van der Waals surface area contributed by atoms with Gasteiger partial charge in [-0.3, -0.25) is 10.1 Å². The van der Waals surface area contributed by atoms with Gasteiger partial charge < -0.3 is 10.2 Å². The molecule has 1 atom stereocenters. The fourth-order valence-corrected chi connectivity index (χ4v) is 1.69. The van der Waals surface area contributed by atoms with Gasteiger partial charge in [0.15, 0.2) is 0 Å². The van der Waals surface area contributed by atoms with E-state index in [0.29, 0.717) is 0 Å². The molecule has 4 heteroatoms. The van der Waals surface area contributed by atoms with Crippen molar-refractivity contribution in [3.05, 3.63) is 60.1 Å². The van der Waals surface area contributed by atoms with Crippen molar-refractivity contribution < 1.29 is 9.21 Å². The fourth-order valence-electron chi connectivity index (χ4n) is 1.69. The molecule has 0 fully saturated rings. The first-order chi connectivity index (χ1) is 8.27. The van der Waals surface area contributed by atoms with E-state index in [9.17, 15) is 4.79 Å². The second-order valence-electron chi connectivity index (χ2n) is 3.71. The number of benzene rings is 1. The number of hydrogen-bond acceptors (Lipinski definition) is 3. The standard InChI is InChI=1S/C13H14N2O2/c14-12(16)9-15-13(11-7-4-8-17-11)10-5-2-1-3-6-10/h1-8,13,15H,9H2,(H2,14,16). The van der Waals surface area contributed by atoms with Crippen LogP contribution in [-0.2, 0) is 4.79 Å². The predicted octanol–water partition coefficient (Wildman–Crippen LogP) is 1.44. The van der Waals surface area contributed by atoms with E-state index in [4.69, 9.17) is 10.2 Å². The number of carbonyl (C=O) groups excluding carboxylic acids is 1. The first-order valence-electron chi connectivity index (χ1n) is 5.37. The minimum Gasteiger partial charge on any atom is -0.467 e. The van der Waals surface area contributed by atoms with Gasteiger partial charge in [-0.2, -0.15) is 0 Å². The summed E-state index contributed by atoms with van der Waals surface area (Å²) >= 11 is 0. The van der Waals surface area contributed by atoms with E-state index in [-0.39, 0.29) is 12.6 Å². The highest BCUT2D eigenvalue weighted by Crippen LogP contribution is 2.21. The maximum atomic E-state index is 10.8. The third kappa shape index (κ3) is 2.95. The average molecular weight is 230 g/mol. The van der Waals surface area contributed by atoms with Crippen LogP contribution in [0.25, 0.3) is 0 Å². The summed E-state index contributed by atoms with van der Waals surface area (Å²) in [6, 6.07) is 13.3. The number of amides is 1. The van der Waals surface area contributed by atoms with Gasteiger partial charge in [0.05, 0.1) is 18.8 Å². The van der Waals surface area contributed by atoms with Crippen molar-refractivity contribution in [1.82, 2.24) is 5.32 Å². The Morgan fingerprint density at radius 3 is 2.59 bits per heavy atom. The number of furan rings is 1. The Morgan fingerprint density at radius 1 is 1.24 bits per heavy atom. The van der Waals surface area contributed by atoms with Gasteiger partial charge in [-0.05, 0) is 17.7 Å². The molecule has 0 aliphatic rings. The molecule has 4 nitrogen and oxygen atoms in total. The van der Waals surface area contributed by atoms with Crippen molar-refractivity contribution in [2.75, 3.05) is 6.54 Å². The summed E-state index contributed by atoms with van der Waals surface area (Å²) in [5.41, 5.74) is 6.17. The second kappa shape index (κ2) is 5.32. The van der Waals surface area contributed by atoms with Crippen molar-refractivity contribution in [2.45, 2.75) is 6.04 Å². The van der Waals surface area contributed by atoms with Crippen LogP contribution in [-0.4, -0.2) is 12.5 Å². The van der Waals surface area contributed by atoms with Gasteiger partial charge in [0.2, 0.25) is 5.91 Å². The van der Waals surface area contributed by atoms with Gasteiger partial charge in [-0.1, -0.05) is 30.3 Å². The van der Waals surface area contributed by atoms with Crippen LogP contribution in [0.15, 0.2) is 53.1 Å². The van der Waals surface area contributed by atoms with E-state index in [1.165, 1.54) is 0 Å². The van der Waals surface area contributed by atoms with E-state index in [1.807, 2.05) is 42.5 Å². The molecular formula is C13H14N2O2. The molecule has 2 rings (SSSR count). The number of nitrogens with two attached hydrogens (primary N) is 1. The number of rotatable bonds is 5. The van der Waals surface area contributed by atoms with Crippen LogP contribution >= 0.6 is 0 Å². The zero-order valence-electron chi connectivity index (χ0n) is 9.30. The highest BCUT2D eigenvalue weighted by molar-refractivity contribution is 5.76. The summed E-state index contributed by atoms with van der Waals surface area (Å²) in [4.78, 5) is 10.8. The molecule has 0 saturated heterocycles. The third-order valence-corrected chi connectivity index (χ3v) is 2.44. The topological polar surface area (TPSA) is 68.3 Å². The molecule has 17 heavy (non-hydrogen) atoms. The number of nitrogens with one attached hydrogen (secondary N) is 1. The van der Waals surface area contributed by atoms with Crippen LogP contribution in [0.5, 0.6) is 0 Å². The van der Waals surface area contributed by atoms with E-state index in [1.54, 1.807) is 6.26 Å². The van der Waals surface area contributed by atoms with Crippen molar-refractivity contribution in [3.8, 4) is 0 Å². The van der Waals surface area contributed by atoms with Crippen LogP contribution < -0.4 is 11.1 Å². The van der Waals surface area contributed by atoms with Crippen LogP contribution in [0.1, 0.15) is 17.4 Å². The molecule has 0 aliphatic heterocycles. The first-order valence-corrected chi connectivity index (χ1v) is 5.37. The molecule has 1 aromatic carbocycles. The Hall–Kier alpha value is -2.07. The van der Waals surface area contributed by atoms with Crippen LogP contribution in [0, 0.1) is 0 Å². The quantitative estimate of drug-likeness (QED) is 0.816. The molecule has 88 valence electrons. The van der Waals surface area contributed by atoms with E-state index < -0.39 is 5.91 Å². The Kier molecular flexibility index (Phi) is 3.57. The highest BCUT2D eigenvalue weighted by atomic mass is 16.3. The zero-order chi connectivity index (χ0) is 12.1. The molecule has 0 radical (unpaired) electrons. The van der Waals surface area contributed by atoms with E-state index >= 15 is 0 Å². The number of primary amides is 1. The normalized spacial score (nSPS) is 12.2. The summed E-state index contributed by atoms with van der Waals surface area (Å²) in [5.74, 6) is 0.370. The molecule has 0 aliphatic carbocycles.